The van der Waals surface area contributed by atoms with Gasteiger partial charge in [0.1, 0.15) is 0 Å². The molecule has 1 N–H and O–H groups in total. The maximum atomic E-state index is 11.3. The maximum Gasteiger partial charge on any atom is 0.328 e. The zero-order chi connectivity index (χ0) is 17.8. The molecule has 0 spiro atoms. The van der Waals surface area contributed by atoms with Crippen molar-refractivity contribution in [2.45, 2.75) is 0 Å². The molecule has 0 unspecified atom stereocenters. The number of hydrogen-bond donors (Lipinski definition) is 1. The van der Waals surface area contributed by atoms with Gasteiger partial charge in [-0.05, 0) is 46.0 Å². The summed E-state index contributed by atoms with van der Waals surface area (Å²) in [5, 5.41) is 10.2. The summed E-state index contributed by atoms with van der Waals surface area (Å²) in [6.07, 6.45) is 1.17. The van der Waals surface area contributed by atoms with Crippen molar-refractivity contribution in [1.82, 2.24) is 0 Å². The SMILES string of the molecule is O=C(O)/C=C(/c1ccc(-c2ccccc2)cc1)c1cc(Cl)cc(Cl)c1. The van der Waals surface area contributed by atoms with Gasteiger partial charge >= 0.3 is 5.97 Å². The van der Waals surface area contributed by atoms with Crippen LogP contribution in [0, 0.1) is 0 Å². The van der Waals surface area contributed by atoms with Crippen molar-refractivity contribution < 1.29 is 9.90 Å². The molecule has 0 saturated carbocycles. The number of carboxylic acids is 1. The van der Waals surface area contributed by atoms with E-state index in [4.69, 9.17) is 23.2 Å². The molecular weight excluding hydrogens is 355 g/mol. The minimum atomic E-state index is -1.03. The lowest BCUT2D eigenvalue weighted by Gasteiger charge is -2.10. The molecule has 0 atom stereocenters. The van der Waals surface area contributed by atoms with Gasteiger partial charge in [-0.3, -0.25) is 0 Å². The van der Waals surface area contributed by atoms with E-state index in [0.29, 0.717) is 21.2 Å². The van der Waals surface area contributed by atoms with Crippen LogP contribution in [0.15, 0.2) is 78.9 Å². The van der Waals surface area contributed by atoms with Crippen LogP contribution in [0.25, 0.3) is 16.7 Å². The van der Waals surface area contributed by atoms with Crippen LogP contribution in [-0.4, -0.2) is 11.1 Å². The Morgan fingerprint density at radius 1 is 0.760 bits per heavy atom. The monoisotopic (exact) mass is 368 g/mol. The van der Waals surface area contributed by atoms with Crippen LogP contribution in [0.1, 0.15) is 11.1 Å². The predicted molar refractivity (Wildman–Crippen MR) is 103 cm³/mol. The third-order valence-electron chi connectivity index (χ3n) is 3.74. The summed E-state index contributed by atoms with van der Waals surface area (Å²) in [7, 11) is 0. The highest BCUT2D eigenvalue weighted by molar-refractivity contribution is 6.35. The third kappa shape index (κ3) is 4.30. The lowest BCUT2D eigenvalue weighted by atomic mass is 9.95. The summed E-state index contributed by atoms with van der Waals surface area (Å²) >= 11 is 12.1. The molecule has 0 bridgehead atoms. The van der Waals surface area contributed by atoms with Gasteiger partial charge in [-0.1, -0.05) is 77.8 Å². The molecule has 0 fully saturated rings. The molecule has 2 nitrogen and oxygen atoms in total. The van der Waals surface area contributed by atoms with Gasteiger partial charge in [0.25, 0.3) is 0 Å². The predicted octanol–water partition coefficient (Wildman–Crippen LogP) is 6.18. The summed E-state index contributed by atoms with van der Waals surface area (Å²) in [4.78, 5) is 11.3. The first-order valence-electron chi connectivity index (χ1n) is 7.60. The molecule has 124 valence electrons. The van der Waals surface area contributed by atoms with Gasteiger partial charge in [0.05, 0.1) is 0 Å². The molecule has 3 rings (SSSR count). The van der Waals surface area contributed by atoms with Crippen molar-refractivity contribution in [1.29, 1.82) is 0 Å². The lowest BCUT2D eigenvalue weighted by molar-refractivity contribution is -0.131. The van der Waals surface area contributed by atoms with Crippen LogP contribution < -0.4 is 0 Å². The first-order valence-corrected chi connectivity index (χ1v) is 8.35. The van der Waals surface area contributed by atoms with Crippen LogP contribution in [-0.2, 0) is 4.79 Å². The fraction of sp³-hybridized carbons (Fsp3) is 0. The topological polar surface area (TPSA) is 37.3 Å². The van der Waals surface area contributed by atoms with Crippen molar-refractivity contribution in [2.75, 3.05) is 0 Å². The molecule has 3 aromatic carbocycles. The van der Waals surface area contributed by atoms with E-state index in [0.717, 1.165) is 16.7 Å². The molecule has 0 heterocycles. The quantitative estimate of drug-likeness (QED) is 0.558. The number of benzene rings is 3. The van der Waals surface area contributed by atoms with Crippen LogP contribution in [0.3, 0.4) is 0 Å². The summed E-state index contributed by atoms with van der Waals surface area (Å²) < 4.78 is 0. The molecular formula is C21H14Cl2O2. The zero-order valence-electron chi connectivity index (χ0n) is 13.1. The van der Waals surface area contributed by atoms with Gasteiger partial charge in [-0.15, -0.1) is 0 Å². The largest absolute Gasteiger partial charge is 0.478 e. The van der Waals surface area contributed by atoms with Gasteiger partial charge in [-0.2, -0.15) is 0 Å². The lowest BCUT2D eigenvalue weighted by Crippen LogP contribution is -1.95. The first-order chi connectivity index (χ1) is 12.0. The molecule has 4 heteroatoms. The molecule has 0 aromatic heterocycles. The molecule has 0 aliphatic carbocycles. The van der Waals surface area contributed by atoms with E-state index in [9.17, 15) is 9.90 Å². The van der Waals surface area contributed by atoms with Crippen LogP contribution >= 0.6 is 23.2 Å². The second kappa shape index (κ2) is 7.56. The smallest absolute Gasteiger partial charge is 0.328 e. The van der Waals surface area contributed by atoms with Crippen molar-refractivity contribution in [3.05, 3.63) is 100 Å². The molecule has 0 saturated heterocycles. The van der Waals surface area contributed by atoms with Gasteiger partial charge in [0.15, 0.2) is 0 Å². The second-order valence-electron chi connectivity index (χ2n) is 5.50. The van der Waals surface area contributed by atoms with Gasteiger partial charge in [0.2, 0.25) is 0 Å². The van der Waals surface area contributed by atoms with E-state index in [1.807, 2.05) is 54.6 Å². The van der Waals surface area contributed by atoms with Crippen LogP contribution in [0.4, 0.5) is 0 Å². The van der Waals surface area contributed by atoms with Gasteiger partial charge in [-0.25, -0.2) is 4.79 Å². The van der Waals surface area contributed by atoms with Crippen LogP contribution in [0.5, 0.6) is 0 Å². The molecule has 0 amide bonds. The van der Waals surface area contributed by atoms with E-state index in [1.54, 1.807) is 18.2 Å². The highest BCUT2D eigenvalue weighted by Gasteiger charge is 2.10. The Bertz CT molecular complexity index is 910. The van der Waals surface area contributed by atoms with E-state index < -0.39 is 5.97 Å². The average Bonchev–Trinajstić information content (AvgIpc) is 2.60. The van der Waals surface area contributed by atoms with Gasteiger partial charge in [0, 0.05) is 16.1 Å². The summed E-state index contributed by atoms with van der Waals surface area (Å²) in [6.45, 7) is 0. The van der Waals surface area contributed by atoms with Crippen LogP contribution in [0.2, 0.25) is 10.0 Å². The second-order valence-corrected chi connectivity index (χ2v) is 6.37. The average molecular weight is 369 g/mol. The number of halogens is 2. The molecule has 25 heavy (non-hydrogen) atoms. The van der Waals surface area contributed by atoms with Crippen molar-refractivity contribution in [3.8, 4) is 11.1 Å². The molecule has 3 aromatic rings. The Morgan fingerprint density at radius 3 is 1.88 bits per heavy atom. The van der Waals surface area contributed by atoms with E-state index >= 15 is 0 Å². The standard InChI is InChI=1S/C21H14Cl2O2/c22-18-10-17(11-19(23)12-18)20(13-21(24)25)16-8-6-15(7-9-16)14-4-2-1-3-5-14/h1-13H,(H,24,25)/b20-13-. The van der Waals surface area contributed by atoms with Crippen molar-refractivity contribution >= 4 is 34.7 Å². The summed E-state index contributed by atoms with van der Waals surface area (Å²) in [5.74, 6) is -1.03. The van der Waals surface area contributed by atoms with Crippen molar-refractivity contribution in [2.24, 2.45) is 0 Å². The summed E-state index contributed by atoms with van der Waals surface area (Å²) in [5.41, 5.74) is 4.15. The highest BCUT2D eigenvalue weighted by atomic mass is 35.5. The molecule has 0 aliphatic heterocycles. The van der Waals surface area contributed by atoms with E-state index in [2.05, 4.69) is 0 Å². The molecule has 0 aliphatic rings. The number of rotatable bonds is 4. The third-order valence-corrected chi connectivity index (χ3v) is 4.18. The highest BCUT2D eigenvalue weighted by Crippen LogP contribution is 2.30. The minimum Gasteiger partial charge on any atom is -0.478 e. The first kappa shape index (κ1) is 17.3. The Morgan fingerprint density at radius 2 is 1.32 bits per heavy atom. The Labute approximate surface area is 156 Å². The number of carbonyl (C=O) groups is 1. The fourth-order valence-corrected chi connectivity index (χ4v) is 3.17. The summed E-state index contributed by atoms with van der Waals surface area (Å²) in [6, 6.07) is 22.7. The Balaban J connectivity index is 2.04. The number of carboxylic acid groups (broad SMARTS) is 1. The van der Waals surface area contributed by atoms with Gasteiger partial charge < -0.3 is 5.11 Å². The normalized spacial score (nSPS) is 11.4. The van der Waals surface area contributed by atoms with E-state index in [1.165, 1.54) is 6.08 Å². The minimum absolute atomic E-state index is 0.458. The molecule has 0 radical (unpaired) electrons. The fourth-order valence-electron chi connectivity index (χ4n) is 2.64. The zero-order valence-corrected chi connectivity index (χ0v) is 14.6. The Hall–Kier alpha value is -2.55. The Kier molecular flexibility index (Phi) is 5.22. The number of aliphatic carboxylic acids is 1. The number of hydrogen-bond acceptors (Lipinski definition) is 1. The maximum absolute atomic E-state index is 11.3. The van der Waals surface area contributed by atoms with E-state index in [-0.39, 0.29) is 0 Å². The van der Waals surface area contributed by atoms with Crippen molar-refractivity contribution in [3.63, 3.8) is 0 Å².